The van der Waals surface area contributed by atoms with Crippen LogP contribution in [0.4, 0.5) is 11.4 Å². The number of rotatable bonds is 8. The number of benzene rings is 4. The summed E-state index contributed by atoms with van der Waals surface area (Å²) in [5, 5.41) is 5.99. The number of nitrogens with one attached hydrogen (secondary N) is 2. The Labute approximate surface area is 267 Å². The van der Waals surface area contributed by atoms with Crippen molar-refractivity contribution < 1.29 is 33.3 Å². The molecule has 4 aromatic rings. The Balaban J connectivity index is 1.12. The van der Waals surface area contributed by atoms with Gasteiger partial charge in [0.15, 0.2) is 0 Å². The predicted octanol–water partition coefficient (Wildman–Crippen LogP) is 5.71. The number of carbonyl (C=O) groups is 2. The molecule has 3 heterocycles. The van der Waals surface area contributed by atoms with Gasteiger partial charge in [-0.25, -0.2) is 4.90 Å². The van der Waals surface area contributed by atoms with Gasteiger partial charge in [-0.3, -0.25) is 9.59 Å². The first kappa shape index (κ1) is 29.9. The van der Waals surface area contributed by atoms with Gasteiger partial charge in [0.2, 0.25) is 0 Å². The maximum absolute atomic E-state index is 13.0. The third-order valence-corrected chi connectivity index (χ3v) is 9.04. The Morgan fingerprint density at radius 1 is 0.696 bits per heavy atom. The van der Waals surface area contributed by atoms with E-state index in [1.54, 1.807) is 62.8 Å². The van der Waals surface area contributed by atoms with Gasteiger partial charge in [0.05, 0.1) is 20.8 Å². The molecular weight excluding hydrogens is 586 g/mol. The van der Waals surface area contributed by atoms with Crippen molar-refractivity contribution in [2.24, 2.45) is 0 Å². The Morgan fingerprint density at radius 2 is 1.17 bits per heavy atom. The van der Waals surface area contributed by atoms with Crippen molar-refractivity contribution in [1.82, 2.24) is 4.90 Å². The van der Waals surface area contributed by atoms with E-state index in [0.717, 1.165) is 11.1 Å². The van der Waals surface area contributed by atoms with Crippen LogP contribution >= 0.6 is 0 Å². The number of hydrogen-bond acceptors (Lipinski definition) is 8. The molecule has 2 amide bonds. The number of hydrogen-bond donors (Lipinski definition) is 2. The molecule has 236 valence electrons. The molecule has 46 heavy (non-hydrogen) atoms. The SMILES string of the molecule is COc1ccc(C(=O)Nc2cccc([C@]3(C)O[C@H]4CO[C@@H]5N4[C@H]3O[C@@]5(C)c3cccc(NC(=O)c4ccc(OC)cc4)c3)c2)cc1. The van der Waals surface area contributed by atoms with E-state index in [4.69, 9.17) is 23.7 Å². The van der Waals surface area contributed by atoms with Gasteiger partial charge in [0.1, 0.15) is 41.4 Å². The van der Waals surface area contributed by atoms with Crippen molar-refractivity contribution >= 4 is 23.2 Å². The highest BCUT2D eigenvalue weighted by Crippen LogP contribution is 2.56. The lowest BCUT2D eigenvalue weighted by atomic mass is 9.93. The fraction of sp³-hybridized carbons (Fsp3) is 0.278. The molecule has 3 aliphatic rings. The summed E-state index contributed by atoms with van der Waals surface area (Å²) >= 11 is 0. The fourth-order valence-corrected chi connectivity index (χ4v) is 6.52. The van der Waals surface area contributed by atoms with Gasteiger partial charge in [-0.15, -0.1) is 0 Å². The summed E-state index contributed by atoms with van der Waals surface area (Å²) in [7, 11) is 3.17. The van der Waals surface area contributed by atoms with Crippen LogP contribution in [0.2, 0.25) is 0 Å². The highest BCUT2D eigenvalue weighted by molar-refractivity contribution is 6.05. The zero-order valence-corrected chi connectivity index (χ0v) is 26.0. The second kappa shape index (κ2) is 11.6. The van der Waals surface area contributed by atoms with Gasteiger partial charge in [-0.2, -0.15) is 0 Å². The molecule has 0 unspecified atom stereocenters. The number of amides is 2. The lowest BCUT2D eigenvalue weighted by Gasteiger charge is -2.33. The average molecular weight is 622 g/mol. The molecular formula is C36H35N3O7. The number of nitrogens with zero attached hydrogens (tertiary/aromatic N) is 1. The third kappa shape index (κ3) is 5.09. The van der Waals surface area contributed by atoms with Crippen LogP contribution in [0.3, 0.4) is 0 Å². The van der Waals surface area contributed by atoms with E-state index in [0.29, 0.717) is 40.6 Å². The zero-order valence-electron chi connectivity index (χ0n) is 26.0. The van der Waals surface area contributed by atoms with Crippen LogP contribution in [0.25, 0.3) is 0 Å². The molecule has 3 saturated heterocycles. The molecule has 0 saturated carbocycles. The minimum Gasteiger partial charge on any atom is -0.497 e. The molecule has 7 rings (SSSR count). The van der Waals surface area contributed by atoms with E-state index in [2.05, 4.69) is 15.5 Å². The van der Waals surface area contributed by atoms with E-state index >= 15 is 0 Å². The fourth-order valence-electron chi connectivity index (χ4n) is 6.52. The Morgan fingerprint density at radius 3 is 1.65 bits per heavy atom. The predicted molar refractivity (Wildman–Crippen MR) is 171 cm³/mol. The average Bonchev–Trinajstić information content (AvgIpc) is 3.73. The van der Waals surface area contributed by atoms with E-state index in [9.17, 15) is 9.59 Å². The summed E-state index contributed by atoms with van der Waals surface area (Å²) in [5.41, 5.74) is 2.34. The van der Waals surface area contributed by atoms with Crippen LogP contribution in [0, 0.1) is 0 Å². The molecule has 0 radical (unpaired) electrons. The van der Waals surface area contributed by atoms with E-state index in [1.807, 2.05) is 62.4 Å². The van der Waals surface area contributed by atoms with Gasteiger partial charge in [0.25, 0.3) is 11.8 Å². The van der Waals surface area contributed by atoms with Crippen molar-refractivity contribution in [1.29, 1.82) is 0 Å². The monoisotopic (exact) mass is 621 g/mol. The number of anilines is 2. The normalized spacial score (nSPS) is 26.4. The van der Waals surface area contributed by atoms with Gasteiger partial charge in [-0.1, -0.05) is 24.3 Å². The molecule has 3 aliphatic heterocycles. The van der Waals surface area contributed by atoms with E-state index in [-0.39, 0.29) is 18.0 Å². The molecule has 5 atom stereocenters. The summed E-state index contributed by atoms with van der Waals surface area (Å²) in [6, 6.07) is 29.2. The topological polar surface area (TPSA) is 108 Å². The first-order chi connectivity index (χ1) is 22.2. The van der Waals surface area contributed by atoms with Crippen molar-refractivity contribution in [2.45, 2.75) is 43.7 Å². The smallest absolute Gasteiger partial charge is 0.255 e. The molecule has 0 aromatic heterocycles. The summed E-state index contributed by atoms with van der Waals surface area (Å²) in [6.45, 7) is 4.40. The molecule has 0 aliphatic carbocycles. The van der Waals surface area contributed by atoms with Crippen molar-refractivity contribution in [2.75, 3.05) is 31.5 Å². The summed E-state index contributed by atoms with van der Waals surface area (Å²) in [5.74, 6) is 0.910. The Hall–Kier alpha value is -4.74. The summed E-state index contributed by atoms with van der Waals surface area (Å²) in [4.78, 5) is 28.1. The highest BCUT2D eigenvalue weighted by Gasteiger charge is 2.68. The number of carbonyl (C=O) groups excluding carboxylic acids is 2. The molecule has 10 nitrogen and oxygen atoms in total. The van der Waals surface area contributed by atoms with Crippen LogP contribution in [0.15, 0.2) is 97.1 Å². The number of ether oxygens (including phenoxy) is 5. The maximum Gasteiger partial charge on any atom is 0.255 e. The van der Waals surface area contributed by atoms with Crippen LogP contribution in [0.5, 0.6) is 11.5 Å². The molecule has 2 N–H and O–H groups in total. The largest absolute Gasteiger partial charge is 0.497 e. The maximum atomic E-state index is 13.0. The van der Waals surface area contributed by atoms with Gasteiger partial charge < -0.3 is 34.3 Å². The Kier molecular flexibility index (Phi) is 7.53. The molecule has 0 spiro atoms. The molecule has 10 heteroatoms. The second-order valence-electron chi connectivity index (χ2n) is 11.9. The van der Waals surface area contributed by atoms with Gasteiger partial charge >= 0.3 is 0 Å². The van der Waals surface area contributed by atoms with Gasteiger partial charge in [-0.05, 0) is 97.8 Å². The molecule has 4 aromatic carbocycles. The summed E-state index contributed by atoms with van der Waals surface area (Å²) < 4.78 is 30.2. The van der Waals surface area contributed by atoms with Crippen LogP contribution < -0.4 is 20.1 Å². The minimum absolute atomic E-state index is 0.227. The van der Waals surface area contributed by atoms with Crippen LogP contribution in [-0.2, 0) is 25.4 Å². The lowest BCUT2D eigenvalue weighted by Crippen LogP contribution is -2.40. The first-order valence-corrected chi connectivity index (χ1v) is 15.1. The first-order valence-electron chi connectivity index (χ1n) is 15.1. The quantitative estimate of drug-likeness (QED) is 0.258. The zero-order chi connectivity index (χ0) is 32.1. The van der Waals surface area contributed by atoms with Crippen molar-refractivity contribution in [3.05, 3.63) is 119 Å². The second-order valence-corrected chi connectivity index (χ2v) is 11.9. The summed E-state index contributed by atoms with van der Waals surface area (Å²) in [6.07, 6.45) is -1.19. The Bertz CT molecular complexity index is 1670. The minimum atomic E-state index is -0.856. The lowest BCUT2D eigenvalue weighted by molar-refractivity contribution is -0.138. The number of methoxy groups -OCH3 is 2. The van der Waals surface area contributed by atoms with E-state index < -0.39 is 23.7 Å². The molecule has 3 fully saturated rings. The standard InChI is InChI=1S/C36H35N3O7/c1-35(24-7-5-9-26(19-24)37-31(40)22-11-15-28(42-3)16-12-22)33-39-30(21-44-33)45-36(2,34(39)46-35)25-8-6-10-27(20-25)38-32(41)23-13-17-29(43-4)18-14-23/h5-20,30,33-34H,21H2,1-4H3,(H,37,40)(H,38,41)/t30-,33-,34-,35-,36-/m0/s1. The third-order valence-electron chi connectivity index (χ3n) is 9.04. The van der Waals surface area contributed by atoms with Crippen LogP contribution in [-0.4, -0.2) is 56.2 Å². The van der Waals surface area contributed by atoms with Gasteiger partial charge in [0, 0.05) is 22.5 Å². The molecule has 0 bridgehead atoms. The van der Waals surface area contributed by atoms with Crippen molar-refractivity contribution in [3.63, 3.8) is 0 Å². The van der Waals surface area contributed by atoms with Crippen molar-refractivity contribution in [3.8, 4) is 11.5 Å². The van der Waals surface area contributed by atoms with Crippen LogP contribution in [0.1, 0.15) is 45.7 Å². The van der Waals surface area contributed by atoms with E-state index in [1.165, 1.54) is 0 Å². The highest BCUT2D eigenvalue weighted by atomic mass is 16.7.